The molecule has 18 heavy (non-hydrogen) atoms. The van der Waals surface area contributed by atoms with Crippen molar-refractivity contribution in [1.82, 2.24) is 5.32 Å². The van der Waals surface area contributed by atoms with Crippen LogP contribution in [0.2, 0.25) is 0 Å². The minimum absolute atomic E-state index is 0.551. The van der Waals surface area contributed by atoms with Crippen molar-refractivity contribution in [3.8, 4) is 5.75 Å². The smallest absolute Gasteiger partial charge is 0.142 e. The SMILES string of the molecule is CC(C)COc1ccccc1NCC1CCCN1. The predicted octanol–water partition coefficient (Wildman–Crippen LogP) is 2.89. The van der Waals surface area contributed by atoms with Crippen molar-refractivity contribution < 1.29 is 4.74 Å². The molecule has 1 saturated heterocycles. The third-order valence-electron chi connectivity index (χ3n) is 3.16. The van der Waals surface area contributed by atoms with Gasteiger partial charge in [-0.25, -0.2) is 0 Å². The molecule has 1 aromatic rings. The van der Waals surface area contributed by atoms with Gasteiger partial charge in [-0.3, -0.25) is 0 Å². The molecule has 0 saturated carbocycles. The summed E-state index contributed by atoms with van der Waals surface area (Å²) in [6.07, 6.45) is 2.56. The number of anilines is 1. The second-order valence-electron chi connectivity index (χ2n) is 5.38. The molecule has 0 radical (unpaired) electrons. The molecule has 3 heteroatoms. The van der Waals surface area contributed by atoms with Crippen LogP contribution in [0.25, 0.3) is 0 Å². The maximum absolute atomic E-state index is 5.83. The Balaban J connectivity index is 1.89. The summed E-state index contributed by atoms with van der Waals surface area (Å²) in [5, 5.41) is 6.98. The Morgan fingerprint density at radius 1 is 1.39 bits per heavy atom. The summed E-state index contributed by atoms with van der Waals surface area (Å²) in [6.45, 7) is 7.22. The van der Waals surface area contributed by atoms with E-state index in [0.717, 1.165) is 31.1 Å². The van der Waals surface area contributed by atoms with E-state index in [9.17, 15) is 0 Å². The maximum Gasteiger partial charge on any atom is 0.142 e. The minimum atomic E-state index is 0.551. The van der Waals surface area contributed by atoms with Crippen molar-refractivity contribution in [3.05, 3.63) is 24.3 Å². The quantitative estimate of drug-likeness (QED) is 0.812. The van der Waals surface area contributed by atoms with Gasteiger partial charge in [-0.15, -0.1) is 0 Å². The van der Waals surface area contributed by atoms with Crippen molar-refractivity contribution in [2.24, 2.45) is 5.92 Å². The number of para-hydroxylation sites is 2. The van der Waals surface area contributed by atoms with Crippen LogP contribution in [0.15, 0.2) is 24.3 Å². The second kappa shape index (κ2) is 6.64. The molecular weight excluding hydrogens is 224 g/mol. The zero-order valence-electron chi connectivity index (χ0n) is 11.4. The standard InChI is InChI=1S/C15H24N2O/c1-12(2)11-18-15-8-4-3-7-14(15)17-10-13-6-5-9-16-13/h3-4,7-8,12-13,16-17H,5-6,9-11H2,1-2H3. The van der Waals surface area contributed by atoms with Crippen molar-refractivity contribution in [1.29, 1.82) is 0 Å². The zero-order valence-corrected chi connectivity index (χ0v) is 11.4. The van der Waals surface area contributed by atoms with Crippen molar-refractivity contribution in [2.45, 2.75) is 32.7 Å². The lowest BCUT2D eigenvalue weighted by atomic mass is 10.2. The maximum atomic E-state index is 5.83. The zero-order chi connectivity index (χ0) is 12.8. The molecule has 3 nitrogen and oxygen atoms in total. The molecule has 1 aliphatic rings. The summed E-state index contributed by atoms with van der Waals surface area (Å²) in [4.78, 5) is 0. The monoisotopic (exact) mass is 248 g/mol. The Morgan fingerprint density at radius 2 is 2.22 bits per heavy atom. The van der Waals surface area contributed by atoms with E-state index in [1.165, 1.54) is 12.8 Å². The molecule has 0 amide bonds. The van der Waals surface area contributed by atoms with E-state index in [-0.39, 0.29) is 0 Å². The summed E-state index contributed by atoms with van der Waals surface area (Å²) in [5.41, 5.74) is 1.10. The van der Waals surface area contributed by atoms with Crippen LogP contribution >= 0.6 is 0 Å². The molecule has 0 spiro atoms. The number of hydrogen-bond acceptors (Lipinski definition) is 3. The number of ether oxygens (including phenoxy) is 1. The average molecular weight is 248 g/mol. The van der Waals surface area contributed by atoms with E-state index in [2.05, 4.69) is 30.5 Å². The van der Waals surface area contributed by atoms with Gasteiger partial charge in [0.05, 0.1) is 12.3 Å². The van der Waals surface area contributed by atoms with Crippen LogP contribution in [0.3, 0.4) is 0 Å². The third kappa shape index (κ3) is 3.91. The summed E-state index contributed by atoms with van der Waals surface area (Å²) in [5.74, 6) is 1.51. The van der Waals surface area contributed by atoms with Crippen LogP contribution in [0.5, 0.6) is 5.75 Å². The Bertz CT molecular complexity index is 359. The van der Waals surface area contributed by atoms with Crippen LogP contribution in [-0.2, 0) is 0 Å². The molecule has 1 fully saturated rings. The van der Waals surface area contributed by atoms with Gasteiger partial charge < -0.3 is 15.4 Å². The van der Waals surface area contributed by atoms with Gasteiger partial charge in [-0.05, 0) is 37.4 Å². The van der Waals surface area contributed by atoms with Gasteiger partial charge in [-0.1, -0.05) is 26.0 Å². The fraction of sp³-hybridized carbons (Fsp3) is 0.600. The van der Waals surface area contributed by atoms with Crippen molar-refractivity contribution in [2.75, 3.05) is 25.0 Å². The molecule has 1 atom stereocenters. The van der Waals surface area contributed by atoms with Gasteiger partial charge in [0, 0.05) is 12.6 Å². The summed E-state index contributed by atoms with van der Waals surface area (Å²) >= 11 is 0. The van der Waals surface area contributed by atoms with Crippen molar-refractivity contribution >= 4 is 5.69 Å². The van der Waals surface area contributed by atoms with E-state index in [1.54, 1.807) is 0 Å². The van der Waals surface area contributed by atoms with Gasteiger partial charge in [0.25, 0.3) is 0 Å². The molecule has 0 aromatic heterocycles. The highest BCUT2D eigenvalue weighted by molar-refractivity contribution is 5.56. The lowest BCUT2D eigenvalue weighted by molar-refractivity contribution is 0.272. The first-order valence-corrected chi connectivity index (χ1v) is 6.95. The van der Waals surface area contributed by atoms with E-state index < -0.39 is 0 Å². The summed E-state index contributed by atoms with van der Waals surface area (Å²) < 4.78 is 5.83. The predicted molar refractivity (Wildman–Crippen MR) is 76.3 cm³/mol. The second-order valence-corrected chi connectivity index (χ2v) is 5.38. The number of nitrogens with one attached hydrogen (secondary N) is 2. The molecule has 1 unspecified atom stereocenters. The number of hydrogen-bond donors (Lipinski definition) is 2. The fourth-order valence-corrected chi connectivity index (χ4v) is 2.16. The van der Waals surface area contributed by atoms with Crippen molar-refractivity contribution in [3.63, 3.8) is 0 Å². The number of rotatable bonds is 6. The molecule has 0 aliphatic carbocycles. The minimum Gasteiger partial charge on any atom is -0.491 e. The van der Waals surface area contributed by atoms with Gasteiger partial charge in [0.15, 0.2) is 0 Å². The van der Waals surface area contributed by atoms with Gasteiger partial charge in [0.1, 0.15) is 5.75 Å². The fourth-order valence-electron chi connectivity index (χ4n) is 2.16. The van der Waals surface area contributed by atoms with Crippen LogP contribution in [0.4, 0.5) is 5.69 Å². The molecule has 1 heterocycles. The topological polar surface area (TPSA) is 33.3 Å². The molecule has 1 aliphatic heterocycles. The lowest BCUT2D eigenvalue weighted by Crippen LogP contribution is -2.29. The van der Waals surface area contributed by atoms with Crippen LogP contribution in [-0.4, -0.2) is 25.7 Å². The Hall–Kier alpha value is -1.22. The first kappa shape index (κ1) is 13.2. The van der Waals surface area contributed by atoms with Crippen LogP contribution in [0, 0.1) is 5.92 Å². The lowest BCUT2D eigenvalue weighted by Gasteiger charge is -2.16. The van der Waals surface area contributed by atoms with Crippen LogP contribution in [0.1, 0.15) is 26.7 Å². The van der Waals surface area contributed by atoms with Gasteiger partial charge in [-0.2, -0.15) is 0 Å². The molecule has 2 rings (SSSR count). The van der Waals surface area contributed by atoms with Gasteiger partial charge >= 0.3 is 0 Å². The molecule has 0 bridgehead atoms. The highest BCUT2D eigenvalue weighted by Crippen LogP contribution is 2.24. The Morgan fingerprint density at radius 3 is 2.94 bits per heavy atom. The van der Waals surface area contributed by atoms with Crippen LogP contribution < -0.4 is 15.4 Å². The summed E-state index contributed by atoms with van der Waals surface area (Å²) in [7, 11) is 0. The van der Waals surface area contributed by atoms with E-state index in [0.29, 0.717) is 12.0 Å². The van der Waals surface area contributed by atoms with E-state index in [1.807, 2.05) is 18.2 Å². The summed E-state index contributed by atoms with van der Waals surface area (Å²) in [6, 6.07) is 8.79. The van der Waals surface area contributed by atoms with E-state index in [4.69, 9.17) is 4.74 Å². The van der Waals surface area contributed by atoms with E-state index >= 15 is 0 Å². The Kier molecular flexibility index (Phi) is 4.88. The molecule has 2 N–H and O–H groups in total. The Labute approximate surface area is 110 Å². The van der Waals surface area contributed by atoms with Gasteiger partial charge in [0.2, 0.25) is 0 Å². The largest absolute Gasteiger partial charge is 0.491 e. The first-order chi connectivity index (χ1) is 8.75. The first-order valence-electron chi connectivity index (χ1n) is 6.95. The third-order valence-corrected chi connectivity index (χ3v) is 3.16. The normalized spacial score (nSPS) is 19.2. The highest BCUT2D eigenvalue weighted by atomic mass is 16.5. The number of benzene rings is 1. The molecular formula is C15H24N2O. The highest BCUT2D eigenvalue weighted by Gasteiger charge is 2.14. The molecule has 100 valence electrons. The average Bonchev–Trinajstić information content (AvgIpc) is 2.88. The molecule has 1 aromatic carbocycles.